The number of carbonyl (C=O) groups is 1. The molecule has 1 aromatic carbocycles. The summed E-state index contributed by atoms with van der Waals surface area (Å²) in [6.45, 7) is 4.64. The number of likely N-dealkylation sites (N-methyl/N-ethyl adjacent to an activating group) is 1. The van der Waals surface area contributed by atoms with E-state index in [2.05, 4.69) is 32.5 Å². The molecule has 0 saturated carbocycles. The monoisotopic (exact) mass is 511 g/mol. The van der Waals surface area contributed by atoms with Crippen LogP contribution >= 0.6 is 11.6 Å². The molecule has 3 N–H and O–H groups in total. The highest BCUT2D eigenvalue weighted by Crippen LogP contribution is 2.43. The maximum absolute atomic E-state index is 13.1. The first-order valence-corrected chi connectivity index (χ1v) is 12.3. The van der Waals surface area contributed by atoms with E-state index in [0.29, 0.717) is 53.1 Å². The number of aromatic amines is 1. The summed E-state index contributed by atoms with van der Waals surface area (Å²) >= 11 is 6.38. The second-order valence-electron chi connectivity index (χ2n) is 9.15. The van der Waals surface area contributed by atoms with Crippen LogP contribution in [0.3, 0.4) is 0 Å². The van der Waals surface area contributed by atoms with Gasteiger partial charge in [0, 0.05) is 36.5 Å². The van der Waals surface area contributed by atoms with E-state index in [-0.39, 0.29) is 18.0 Å². The van der Waals surface area contributed by atoms with E-state index >= 15 is 0 Å². The summed E-state index contributed by atoms with van der Waals surface area (Å²) in [5.41, 5.74) is 4.22. The first kappa shape index (κ1) is 24.4. The normalized spacial score (nSPS) is 19.9. The van der Waals surface area contributed by atoms with Gasteiger partial charge in [-0.25, -0.2) is 0 Å². The van der Waals surface area contributed by atoms with Gasteiger partial charge in [-0.05, 0) is 32.2 Å². The average Bonchev–Trinajstić information content (AvgIpc) is 3.22. The molecule has 2 aliphatic rings. The molecule has 190 valence electrons. The molecule has 0 radical (unpaired) electrons. The molecule has 2 atom stereocenters. The van der Waals surface area contributed by atoms with Crippen LogP contribution in [0.2, 0.25) is 5.02 Å². The molecule has 2 aromatic heterocycles. The highest BCUT2D eigenvalue weighted by Gasteiger charge is 2.31. The Labute approximate surface area is 215 Å². The zero-order chi connectivity index (χ0) is 25.2. The van der Waals surface area contributed by atoms with Crippen molar-refractivity contribution in [2.75, 3.05) is 45.8 Å². The fourth-order valence-electron chi connectivity index (χ4n) is 4.69. The molecule has 1 amide bonds. The van der Waals surface area contributed by atoms with Crippen LogP contribution < -0.4 is 20.1 Å². The van der Waals surface area contributed by atoms with Gasteiger partial charge in [-0.1, -0.05) is 17.7 Å². The number of para-hydroxylation sites is 1. The summed E-state index contributed by atoms with van der Waals surface area (Å²) in [4.78, 5) is 23.2. The molecule has 2 aliphatic heterocycles. The molecular formula is C26H30ClN5O4. The summed E-state index contributed by atoms with van der Waals surface area (Å²) in [5.74, 6) is 0.966. The standard InChI is InChI=1S/C26H30ClN5O4/c1-15-11-20-22(26(33)29-15)24(30-19-6-4-5-18(27)25(19)34-3)23(31-20)17-7-8-28-12-21(17)36-14-16-13-35-10-9-32(16)2/h4-8,12,15-16,30-31H,9-11,13-14H2,1-3H3,(H,29,33)/t15?,16-/m0/s1. The van der Waals surface area contributed by atoms with Crippen molar-refractivity contribution < 1.29 is 19.0 Å². The highest BCUT2D eigenvalue weighted by atomic mass is 35.5. The van der Waals surface area contributed by atoms with Gasteiger partial charge in [0.1, 0.15) is 12.4 Å². The van der Waals surface area contributed by atoms with Crippen molar-refractivity contribution in [2.24, 2.45) is 0 Å². The lowest BCUT2D eigenvalue weighted by Crippen LogP contribution is -2.46. The minimum absolute atomic E-state index is 0.0139. The van der Waals surface area contributed by atoms with Crippen LogP contribution in [0.4, 0.5) is 11.4 Å². The highest BCUT2D eigenvalue weighted by molar-refractivity contribution is 6.32. The van der Waals surface area contributed by atoms with E-state index in [4.69, 9.17) is 25.8 Å². The van der Waals surface area contributed by atoms with Gasteiger partial charge >= 0.3 is 0 Å². The number of H-pyrrole nitrogens is 1. The van der Waals surface area contributed by atoms with E-state index in [1.807, 2.05) is 25.1 Å². The maximum atomic E-state index is 13.1. The topological polar surface area (TPSA) is 101 Å². The smallest absolute Gasteiger partial charge is 0.255 e. The van der Waals surface area contributed by atoms with Gasteiger partial charge in [0.15, 0.2) is 5.75 Å². The summed E-state index contributed by atoms with van der Waals surface area (Å²) in [6, 6.07) is 7.49. The summed E-state index contributed by atoms with van der Waals surface area (Å²) in [7, 11) is 3.63. The number of carbonyl (C=O) groups excluding carboxylic acids is 1. The molecule has 1 saturated heterocycles. The molecular weight excluding hydrogens is 482 g/mol. The van der Waals surface area contributed by atoms with Crippen LogP contribution in [-0.4, -0.2) is 73.4 Å². The van der Waals surface area contributed by atoms with Crippen molar-refractivity contribution in [2.45, 2.75) is 25.4 Å². The second kappa shape index (κ2) is 10.4. The summed E-state index contributed by atoms with van der Waals surface area (Å²) in [5, 5.41) is 6.92. The molecule has 3 aromatic rings. The third kappa shape index (κ3) is 4.74. The lowest BCUT2D eigenvalue weighted by molar-refractivity contribution is -0.0107. The fraction of sp³-hybridized carbons (Fsp3) is 0.385. The van der Waals surface area contributed by atoms with E-state index in [9.17, 15) is 4.79 Å². The molecule has 1 fully saturated rings. The van der Waals surface area contributed by atoms with E-state index in [0.717, 1.165) is 30.1 Å². The van der Waals surface area contributed by atoms with Gasteiger partial charge in [0.2, 0.25) is 0 Å². The number of ether oxygens (including phenoxy) is 3. The number of hydrogen-bond acceptors (Lipinski definition) is 7. The van der Waals surface area contributed by atoms with Crippen molar-refractivity contribution >= 4 is 28.9 Å². The number of hydrogen-bond donors (Lipinski definition) is 3. The van der Waals surface area contributed by atoms with Crippen LogP contribution in [0.1, 0.15) is 23.0 Å². The number of nitrogens with zero attached hydrogens (tertiary/aromatic N) is 2. The predicted molar refractivity (Wildman–Crippen MR) is 139 cm³/mol. The van der Waals surface area contributed by atoms with Gasteiger partial charge in [0.25, 0.3) is 5.91 Å². The molecule has 1 unspecified atom stereocenters. The van der Waals surface area contributed by atoms with E-state index in [1.54, 1.807) is 25.6 Å². The van der Waals surface area contributed by atoms with Gasteiger partial charge in [-0.15, -0.1) is 0 Å². The molecule has 9 nitrogen and oxygen atoms in total. The number of amides is 1. The van der Waals surface area contributed by atoms with Crippen LogP contribution in [0, 0.1) is 0 Å². The quantitative estimate of drug-likeness (QED) is 0.442. The Hall–Kier alpha value is -3.27. The van der Waals surface area contributed by atoms with Crippen LogP contribution in [0.15, 0.2) is 36.7 Å². The number of halogens is 1. The van der Waals surface area contributed by atoms with Crippen molar-refractivity contribution in [1.29, 1.82) is 0 Å². The molecule has 0 aliphatic carbocycles. The van der Waals surface area contributed by atoms with Crippen molar-refractivity contribution in [3.63, 3.8) is 0 Å². The Morgan fingerprint density at radius 1 is 1.33 bits per heavy atom. The molecule has 36 heavy (non-hydrogen) atoms. The Bertz CT molecular complexity index is 1260. The van der Waals surface area contributed by atoms with Gasteiger partial charge < -0.3 is 29.8 Å². The number of fused-ring (bicyclic) bond motifs is 1. The first-order chi connectivity index (χ1) is 17.5. The Morgan fingerprint density at radius 3 is 3.00 bits per heavy atom. The number of methoxy groups -OCH3 is 1. The van der Waals surface area contributed by atoms with Gasteiger partial charge in [-0.3, -0.25) is 14.7 Å². The van der Waals surface area contributed by atoms with Crippen molar-refractivity contribution in [1.82, 2.24) is 20.2 Å². The van der Waals surface area contributed by atoms with E-state index < -0.39 is 0 Å². The lowest BCUT2D eigenvalue weighted by atomic mass is 10.0. The fourth-order valence-corrected chi connectivity index (χ4v) is 4.94. The number of morpholine rings is 1. The van der Waals surface area contributed by atoms with Crippen LogP contribution in [0.25, 0.3) is 11.3 Å². The molecule has 5 rings (SSSR count). The number of pyridine rings is 1. The number of anilines is 2. The number of rotatable bonds is 7. The van der Waals surface area contributed by atoms with E-state index in [1.165, 1.54) is 0 Å². The van der Waals surface area contributed by atoms with Gasteiger partial charge in [0.05, 0.1) is 60.2 Å². The third-order valence-corrected chi connectivity index (χ3v) is 6.93. The molecule has 0 spiro atoms. The van der Waals surface area contributed by atoms with Crippen molar-refractivity contribution in [3.05, 3.63) is 52.9 Å². The molecule has 10 heteroatoms. The lowest BCUT2D eigenvalue weighted by Gasteiger charge is -2.32. The van der Waals surface area contributed by atoms with Crippen molar-refractivity contribution in [3.8, 4) is 22.8 Å². The Kier molecular flexibility index (Phi) is 7.04. The second-order valence-corrected chi connectivity index (χ2v) is 9.55. The summed E-state index contributed by atoms with van der Waals surface area (Å²) in [6.07, 6.45) is 4.09. The molecule has 4 heterocycles. The molecule has 0 bridgehead atoms. The zero-order valence-electron chi connectivity index (χ0n) is 20.6. The zero-order valence-corrected chi connectivity index (χ0v) is 21.3. The number of aromatic nitrogens is 2. The average molecular weight is 512 g/mol. The van der Waals surface area contributed by atoms with Crippen LogP contribution in [-0.2, 0) is 11.2 Å². The SMILES string of the molecule is COc1c(Cl)cccc1Nc1c(-c2ccncc2OC[C@@H]2COCCN2C)[nH]c2c1C(=O)NC(C)C2. The minimum Gasteiger partial charge on any atom is -0.493 e. The number of benzene rings is 1. The van der Waals surface area contributed by atoms with Gasteiger partial charge in [-0.2, -0.15) is 0 Å². The number of nitrogens with one attached hydrogen (secondary N) is 3. The Morgan fingerprint density at radius 2 is 2.19 bits per heavy atom. The van der Waals surface area contributed by atoms with Crippen LogP contribution in [0.5, 0.6) is 11.5 Å². The third-order valence-electron chi connectivity index (χ3n) is 6.63. The predicted octanol–water partition coefficient (Wildman–Crippen LogP) is 3.87. The first-order valence-electron chi connectivity index (χ1n) is 12.0. The summed E-state index contributed by atoms with van der Waals surface area (Å²) < 4.78 is 17.4. The Balaban J connectivity index is 1.56. The minimum atomic E-state index is -0.146. The largest absolute Gasteiger partial charge is 0.493 e. The maximum Gasteiger partial charge on any atom is 0.255 e.